The summed E-state index contributed by atoms with van der Waals surface area (Å²) in [7, 11) is 0. The first-order chi connectivity index (χ1) is 10.3. The minimum Gasteiger partial charge on any atom is -0.375 e. The molecule has 21 heavy (non-hydrogen) atoms. The molecule has 0 fully saturated rings. The van der Waals surface area contributed by atoms with Gasteiger partial charge in [-0.15, -0.1) is 0 Å². The molecule has 0 N–H and O–H groups in total. The Labute approximate surface area is 127 Å². The molecule has 0 saturated carbocycles. The average molecular weight is 281 g/mol. The second kappa shape index (κ2) is 7.58. The summed E-state index contributed by atoms with van der Waals surface area (Å²) in [6.45, 7) is 10.2. The summed E-state index contributed by atoms with van der Waals surface area (Å²) >= 11 is 0. The molecule has 0 atom stereocenters. The zero-order valence-electron chi connectivity index (χ0n) is 12.9. The standard InChI is InChI=1S/C18H23N3/c1-4-15-7-9-16(10-8-15)19-20-17-11-13-18(14-12-17)21(5-2)6-3/h4,7-11,13H,1,5-6,12,14H2,2-3H3. The predicted octanol–water partition coefficient (Wildman–Crippen LogP) is 5.32. The van der Waals surface area contributed by atoms with Crippen LogP contribution >= 0.6 is 0 Å². The maximum absolute atomic E-state index is 4.35. The third kappa shape index (κ3) is 4.15. The van der Waals surface area contributed by atoms with Crippen molar-refractivity contribution >= 4 is 11.8 Å². The summed E-state index contributed by atoms with van der Waals surface area (Å²) in [5.74, 6) is 0. The van der Waals surface area contributed by atoms with Gasteiger partial charge in [-0.1, -0.05) is 24.8 Å². The van der Waals surface area contributed by atoms with E-state index in [1.165, 1.54) is 5.70 Å². The van der Waals surface area contributed by atoms with Gasteiger partial charge < -0.3 is 4.90 Å². The smallest absolute Gasteiger partial charge is 0.0857 e. The van der Waals surface area contributed by atoms with E-state index < -0.39 is 0 Å². The Morgan fingerprint density at radius 2 is 1.76 bits per heavy atom. The Kier molecular flexibility index (Phi) is 5.50. The summed E-state index contributed by atoms with van der Waals surface area (Å²) in [4.78, 5) is 2.39. The van der Waals surface area contributed by atoms with Crippen molar-refractivity contribution in [2.45, 2.75) is 26.7 Å². The lowest BCUT2D eigenvalue weighted by atomic mass is 10.1. The second-order valence-corrected chi connectivity index (χ2v) is 4.98. The van der Waals surface area contributed by atoms with E-state index in [2.05, 4.69) is 47.7 Å². The lowest BCUT2D eigenvalue weighted by Gasteiger charge is -2.26. The highest BCUT2D eigenvalue weighted by Crippen LogP contribution is 2.23. The van der Waals surface area contributed by atoms with Crippen molar-refractivity contribution in [1.29, 1.82) is 0 Å². The van der Waals surface area contributed by atoms with Crippen molar-refractivity contribution in [3.05, 3.63) is 60.0 Å². The highest BCUT2D eigenvalue weighted by Gasteiger charge is 2.10. The number of hydrogen-bond acceptors (Lipinski definition) is 3. The molecule has 1 aliphatic carbocycles. The molecule has 1 aliphatic rings. The van der Waals surface area contributed by atoms with Gasteiger partial charge in [0.05, 0.1) is 11.4 Å². The minimum absolute atomic E-state index is 0.875. The zero-order chi connectivity index (χ0) is 15.1. The van der Waals surface area contributed by atoms with Crippen LogP contribution in [0.15, 0.2) is 64.6 Å². The van der Waals surface area contributed by atoms with Gasteiger partial charge in [-0.25, -0.2) is 0 Å². The lowest BCUT2D eigenvalue weighted by Crippen LogP contribution is -2.22. The zero-order valence-corrected chi connectivity index (χ0v) is 12.9. The van der Waals surface area contributed by atoms with Crippen molar-refractivity contribution in [3.63, 3.8) is 0 Å². The Hall–Kier alpha value is -2.16. The van der Waals surface area contributed by atoms with E-state index in [0.717, 1.165) is 42.9 Å². The number of azo groups is 1. The molecule has 0 amide bonds. The first-order valence-corrected chi connectivity index (χ1v) is 7.55. The minimum atomic E-state index is 0.875. The molecule has 3 nitrogen and oxygen atoms in total. The SMILES string of the molecule is C=Cc1ccc(N=NC2=CC=C(N(CC)CC)CC2)cc1. The van der Waals surface area contributed by atoms with Crippen LogP contribution < -0.4 is 0 Å². The predicted molar refractivity (Wildman–Crippen MR) is 89.4 cm³/mol. The third-order valence-corrected chi connectivity index (χ3v) is 3.70. The molecular weight excluding hydrogens is 258 g/mol. The number of allylic oxidation sites excluding steroid dienone is 4. The number of rotatable bonds is 6. The Bertz CT molecular complexity index is 561. The first kappa shape index (κ1) is 15.2. The van der Waals surface area contributed by atoms with Crippen molar-refractivity contribution < 1.29 is 0 Å². The Balaban J connectivity index is 2.03. The monoisotopic (exact) mass is 281 g/mol. The van der Waals surface area contributed by atoms with Crippen LogP contribution in [0.4, 0.5) is 5.69 Å². The van der Waals surface area contributed by atoms with Gasteiger partial charge in [0.1, 0.15) is 0 Å². The summed E-state index contributed by atoms with van der Waals surface area (Å²) in [5.41, 5.74) is 4.41. The van der Waals surface area contributed by atoms with Gasteiger partial charge in [0.2, 0.25) is 0 Å². The van der Waals surface area contributed by atoms with Gasteiger partial charge >= 0.3 is 0 Å². The topological polar surface area (TPSA) is 28.0 Å². The molecule has 0 saturated heterocycles. The number of nitrogens with zero attached hydrogens (tertiary/aromatic N) is 3. The van der Waals surface area contributed by atoms with Crippen LogP contribution in [0.3, 0.4) is 0 Å². The second-order valence-electron chi connectivity index (χ2n) is 4.98. The largest absolute Gasteiger partial charge is 0.375 e. The normalized spacial score (nSPS) is 14.8. The van der Waals surface area contributed by atoms with E-state index in [9.17, 15) is 0 Å². The van der Waals surface area contributed by atoms with Crippen LogP contribution in [0, 0.1) is 0 Å². The molecule has 0 radical (unpaired) electrons. The van der Waals surface area contributed by atoms with Crippen molar-refractivity contribution in [3.8, 4) is 0 Å². The highest BCUT2D eigenvalue weighted by molar-refractivity contribution is 5.51. The maximum Gasteiger partial charge on any atom is 0.0857 e. The van der Waals surface area contributed by atoms with Gasteiger partial charge in [0.15, 0.2) is 0 Å². The Morgan fingerprint density at radius 3 is 2.29 bits per heavy atom. The van der Waals surface area contributed by atoms with Crippen LogP contribution in [0.2, 0.25) is 0 Å². The lowest BCUT2D eigenvalue weighted by molar-refractivity contribution is 0.366. The highest BCUT2D eigenvalue weighted by atomic mass is 15.1. The number of hydrogen-bond donors (Lipinski definition) is 0. The van der Waals surface area contributed by atoms with Crippen LogP contribution in [0.1, 0.15) is 32.3 Å². The molecule has 110 valence electrons. The van der Waals surface area contributed by atoms with E-state index in [-0.39, 0.29) is 0 Å². The average Bonchev–Trinajstić information content (AvgIpc) is 2.55. The molecule has 0 aromatic heterocycles. The molecular formula is C18H23N3. The molecule has 0 unspecified atom stereocenters. The van der Waals surface area contributed by atoms with Crippen LogP contribution in [0.25, 0.3) is 6.08 Å². The van der Waals surface area contributed by atoms with Crippen molar-refractivity contribution in [2.75, 3.05) is 13.1 Å². The fraction of sp³-hybridized carbons (Fsp3) is 0.333. The third-order valence-electron chi connectivity index (χ3n) is 3.70. The first-order valence-electron chi connectivity index (χ1n) is 7.55. The van der Waals surface area contributed by atoms with E-state index in [1.807, 2.05) is 30.3 Å². The molecule has 0 bridgehead atoms. The summed E-state index contributed by atoms with van der Waals surface area (Å²) in [6.07, 6.45) is 8.08. The van der Waals surface area contributed by atoms with Gasteiger partial charge in [-0.05, 0) is 56.5 Å². The van der Waals surface area contributed by atoms with E-state index in [1.54, 1.807) is 0 Å². The fourth-order valence-electron chi connectivity index (χ4n) is 2.39. The van der Waals surface area contributed by atoms with Gasteiger partial charge in [-0.3, -0.25) is 0 Å². The van der Waals surface area contributed by atoms with Crippen molar-refractivity contribution in [2.24, 2.45) is 10.2 Å². The molecule has 2 rings (SSSR count). The summed E-state index contributed by atoms with van der Waals surface area (Å²) < 4.78 is 0. The van der Waals surface area contributed by atoms with E-state index >= 15 is 0 Å². The fourth-order valence-corrected chi connectivity index (χ4v) is 2.39. The summed E-state index contributed by atoms with van der Waals surface area (Å²) in [6, 6.07) is 7.91. The summed E-state index contributed by atoms with van der Waals surface area (Å²) in [5, 5.41) is 8.65. The molecule has 0 aliphatic heterocycles. The van der Waals surface area contributed by atoms with Gasteiger partial charge in [0.25, 0.3) is 0 Å². The van der Waals surface area contributed by atoms with Gasteiger partial charge in [-0.2, -0.15) is 10.2 Å². The quantitative estimate of drug-likeness (QED) is 0.649. The number of benzene rings is 1. The van der Waals surface area contributed by atoms with E-state index in [4.69, 9.17) is 0 Å². The molecule has 1 aromatic rings. The van der Waals surface area contributed by atoms with Crippen LogP contribution in [0.5, 0.6) is 0 Å². The van der Waals surface area contributed by atoms with Gasteiger partial charge in [0, 0.05) is 18.8 Å². The molecule has 0 spiro atoms. The van der Waals surface area contributed by atoms with E-state index in [0.29, 0.717) is 0 Å². The molecule has 3 heteroatoms. The Morgan fingerprint density at radius 1 is 1.05 bits per heavy atom. The molecule has 1 aromatic carbocycles. The molecule has 0 heterocycles. The maximum atomic E-state index is 4.35. The van der Waals surface area contributed by atoms with Crippen LogP contribution in [-0.2, 0) is 0 Å². The van der Waals surface area contributed by atoms with Crippen molar-refractivity contribution in [1.82, 2.24) is 4.90 Å². The van der Waals surface area contributed by atoms with Crippen LogP contribution in [-0.4, -0.2) is 18.0 Å².